The predicted molar refractivity (Wildman–Crippen MR) is 67.3 cm³/mol. The van der Waals surface area contributed by atoms with Crippen LogP contribution in [0.1, 0.15) is 16.3 Å². The Morgan fingerprint density at radius 3 is 2.83 bits per heavy atom. The highest BCUT2D eigenvalue weighted by Gasteiger charge is 2.19. The largest absolute Gasteiger partial charge is 0.496 e. The van der Waals surface area contributed by atoms with Crippen molar-refractivity contribution in [3.63, 3.8) is 0 Å². The second-order valence-electron chi connectivity index (χ2n) is 3.70. The van der Waals surface area contributed by atoms with Gasteiger partial charge in [0.05, 0.1) is 7.11 Å². The van der Waals surface area contributed by atoms with Gasteiger partial charge in [-0.15, -0.1) is 0 Å². The molecule has 0 saturated carbocycles. The number of aryl methyl sites for hydroxylation is 1. The van der Waals surface area contributed by atoms with E-state index in [1.807, 2.05) is 0 Å². The maximum atomic E-state index is 11.1. The van der Waals surface area contributed by atoms with Gasteiger partial charge < -0.3 is 14.8 Å². The molecule has 18 heavy (non-hydrogen) atoms. The number of aromatic nitrogens is 2. The van der Waals surface area contributed by atoms with Crippen molar-refractivity contribution >= 4 is 17.6 Å². The van der Waals surface area contributed by atoms with Gasteiger partial charge in [0, 0.05) is 10.6 Å². The van der Waals surface area contributed by atoms with Gasteiger partial charge in [-0.2, -0.15) is 0 Å². The maximum absolute atomic E-state index is 11.1. The highest BCUT2D eigenvalue weighted by atomic mass is 35.5. The summed E-state index contributed by atoms with van der Waals surface area (Å²) in [5.41, 5.74) is 0.888. The Labute approximate surface area is 108 Å². The second-order valence-corrected chi connectivity index (χ2v) is 4.13. The van der Waals surface area contributed by atoms with E-state index < -0.39 is 5.97 Å². The molecule has 1 heterocycles. The fourth-order valence-electron chi connectivity index (χ4n) is 1.71. The third-order valence-electron chi connectivity index (χ3n) is 2.45. The molecule has 1 aromatic carbocycles. The van der Waals surface area contributed by atoms with Crippen LogP contribution in [0.15, 0.2) is 18.2 Å². The first-order valence-electron chi connectivity index (χ1n) is 5.16. The van der Waals surface area contributed by atoms with Gasteiger partial charge in [-0.25, -0.2) is 9.78 Å². The highest BCUT2D eigenvalue weighted by molar-refractivity contribution is 6.31. The van der Waals surface area contributed by atoms with Gasteiger partial charge in [-0.05, 0) is 25.1 Å². The topological polar surface area (TPSA) is 75.2 Å². The lowest BCUT2D eigenvalue weighted by molar-refractivity contribution is 0.0692. The Morgan fingerprint density at radius 2 is 2.22 bits per heavy atom. The lowest BCUT2D eigenvalue weighted by Gasteiger charge is -2.07. The van der Waals surface area contributed by atoms with E-state index in [0.29, 0.717) is 27.9 Å². The number of ether oxygens (including phenoxy) is 1. The third-order valence-corrected chi connectivity index (χ3v) is 2.69. The average molecular weight is 267 g/mol. The SMILES string of the molecule is COc1ccc(Cl)cc1-c1nc(C)[nH]c1C(=O)O. The summed E-state index contributed by atoms with van der Waals surface area (Å²) >= 11 is 5.92. The first-order valence-corrected chi connectivity index (χ1v) is 5.54. The first-order chi connectivity index (χ1) is 8.52. The van der Waals surface area contributed by atoms with E-state index >= 15 is 0 Å². The van der Waals surface area contributed by atoms with Crippen molar-refractivity contribution in [1.82, 2.24) is 9.97 Å². The number of imidazole rings is 1. The number of hydrogen-bond donors (Lipinski definition) is 2. The van der Waals surface area contributed by atoms with Crippen LogP contribution in [0.3, 0.4) is 0 Å². The van der Waals surface area contributed by atoms with Crippen molar-refractivity contribution in [2.24, 2.45) is 0 Å². The van der Waals surface area contributed by atoms with E-state index in [2.05, 4.69) is 9.97 Å². The fraction of sp³-hybridized carbons (Fsp3) is 0.167. The van der Waals surface area contributed by atoms with Gasteiger partial charge in [0.25, 0.3) is 0 Å². The van der Waals surface area contributed by atoms with Crippen LogP contribution >= 0.6 is 11.6 Å². The maximum Gasteiger partial charge on any atom is 0.354 e. The van der Waals surface area contributed by atoms with Crippen LogP contribution in [-0.2, 0) is 0 Å². The quantitative estimate of drug-likeness (QED) is 0.896. The molecule has 0 fully saturated rings. The highest BCUT2D eigenvalue weighted by Crippen LogP contribution is 2.33. The van der Waals surface area contributed by atoms with Gasteiger partial charge >= 0.3 is 5.97 Å². The molecule has 0 amide bonds. The Hall–Kier alpha value is -2.01. The average Bonchev–Trinajstić information content (AvgIpc) is 2.71. The van der Waals surface area contributed by atoms with Gasteiger partial charge in [-0.1, -0.05) is 11.6 Å². The molecular weight excluding hydrogens is 256 g/mol. The monoisotopic (exact) mass is 266 g/mol. The summed E-state index contributed by atoms with van der Waals surface area (Å²) in [7, 11) is 1.51. The number of benzene rings is 1. The molecule has 0 aliphatic carbocycles. The minimum Gasteiger partial charge on any atom is -0.496 e. The zero-order valence-corrected chi connectivity index (χ0v) is 10.6. The van der Waals surface area contributed by atoms with Gasteiger partial charge in [0.2, 0.25) is 0 Å². The number of carboxylic acids is 1. The molecule has 0 unspecified atom stereocenters. The third kappa shape index (κ3) is 2.17. The van der Waals surface area contributed by atoms with Crippen LogP contribution in [0.25, 0.3) is 11.3 Å². The lowest BCUT2D eigenvalue weighted by Crippen LogP contribution is -2.00. The number of aromatic carboxylic acids is 1. The lowest BCUT2D eigenvalue weighted by atomic mass is 10.1. The van der Waals surface area contributed by atoms with Gasteiger partial charge in [0.1, 0.15) is 17.3 Å². The molecule has 0 radical (unpaired) electrons. The number of methoxy groups -OCH3 is 1. The molecule has 0 bridgehead atoms. The van der Waals surface area contributed by atoms with E-state index in [9.17, 15) is 4.79 Å². The standard InChI is InChI=1S/C12H11ClN2O3/c1-6-14-10(11(15-6)12(16)17)8-5-7(13)3-4-9(8)18-2/h3-5H,1-2H3,(H,14,15)(H,16,17). The number of nitrogens with zero attached hydrogens (tertiary/aromatic N) is 1. The van der Waals surface area contributed by atoms with Gasteiger partial charge in [-0.3, -0.25) is 0 Å². The second kappa shape index (κ2) is 4.70. The van der Waals surface area contributed by atoms with Crippen LogP contribution < -0.4 is 4.74 Å². The van der Waals surface area contributed by atoms with E-state index in [1.54, 1.807) is 25.1 Å². The van der Waals surface area contributed by atoms with Crippen LogP contribution in [0, 0.1) is 6.92 Å². The van der Waals surface area contributed by atoms with Crippen molar-refractivity contribution in [1.29, 1.82) is 0 Å². The predicted octanol–water partition coefficient (Wildman–Crippen LogP) is 2.75. The Morgan fingerprint density at radius 1 is 1.50 bits per heavy atom. The Kier molecular flexibility index (Phi) is 3.25. The summed E-state index contributed by atoms with van der Waals surface area (Å²) in [6.07, 6.45) is 0. The van der Waals surface area contributed by atoms with E-state index in [-0.39, 0.29) is 5.69 Å². The molecule has 0 spiro atoms. The summed E-state index contributed by atoms with van der Waals surface area (Å²) in [5, 5.41) is 9.62. The molecule has 2 aromatic rings. The summed E-state index contributed by atoms with van der Waals surface area (Å²) < 4.78 is 5.19. The minimum atomic E-state index is -1.08. The number of H-pyrrole nitrogens is 1. The van der Waals surface area contributed by atoms with Crippen LogP contribution in [0.4, 0.5) is 0 Å². The van der Waals surface area contributed by atoms with E-state index in [4.69, 9.17) is 21.4 Å². The van der Waals surface area contributed by atoms with Crippen molar-refractivity contribution < 1.29 is 14.6 Å². The normalized spacial score (nSPS) is 10.4. The van der Waals surface area contributed by atoms with Crippen molar-refractivity contribution in [3.05, 3.63) is 34.7 Å². The number of hydrogen-bond acceptors (Lipinski definition) is 3. The van der Waals surface area contributed by atoms with E-state index in [0.717, 1.165) is 0 Å². The molecular formula is C12H11ClN2O3. The van der Waals surface area contributed by atoms with Crippen LogP contribution in [-0.4, -0.2) is 28.2 Å². The molecule has 0 aliphatic rings. The summed E-state index contributed by atoms with van der Waals surface area (Å²) in [6.45, 7) is 1.69. The summed E-state index contributed by atoms with van der Waals surface area (Å²) in [5.74, 6) is -0.0366. The Balaban J connectivity index is 2.68. The Bertz CT molecular complexity index is 607. The molecule has 1 aromatic heterocycles. The molecule has 0 saturated heterocycles. The molecule has 0 aliphatic heterocycles. The zero-order valence-electron chi connectivity index (χ0n) is 9.82. The molecule has 2 N–H and O–H groups in total. The fourth-order valence-corrected chi connectivity index (χ4v) is 1.88. The number of nitrogens with one attached hydrogen (secondary N) is 1. The van der Waals surface area contributed by atoms with Crippen molar-refractivity contribution in [2.45, 2.75) is 6.92 Å². The van der Waals surface area contributed by atoms with Gasteiger partial charge in [0.15, 0.2) is 5.69 Å². The molecule has 2 rings (SSSR count). The number of aromatic amines is 1. The number of halogens is 1. The van der Waals surface area contributed by atoms with Crippen molar-refractivity contribution in [2.75, 3.05) is 7.11 Å². The van der Waals surface area contributed by atoms with Crippen LogP contribution in [0.5, 0.6) is 5.75 Å². The molecule has 6 heteroatoms. The number of rotatable bonds is 3. The molecule has 94 valence electrons. The summed E-state index contributed by atoms with van der Waals surface area (Å²) in [6, 6.07) is 4.97. The van der Waals surface area contributed by atoms with Crippen molar-refractivity contribution in [3.8, 4) is 17.0 Å². The number of carbonyl (C=O) groups is 1. The van der Waals surface area contributed by atoms with Crippen LogP contribution in [0.2, 0.25) is 5.02 Å². The minimum absolute atomic E-state index is 0.0214. The molecule has 0 atom stereocenters. The summed E-state index contributed by atoms with van der Waals surface area (Å²) in [4.78, 5) is 18.0. The zero-order chi connectivity index (χ0) is 13.3. The number of carboxylic acid groups (broad SMARTS) is 1. The molecule has 5 nitrogen and oxygen atoms in total. The first kappa shape index (κ1) is 12.4. The van der Waals surface area contributed by atoms with E-state index in [1.165, 1.54) is 7.11 Å². The smallest absolute Gasteiger partial charge is 0.354 e.